The Bertz CT molecular complexity index is 500. The fourth-order valence-corrected chi connectivity index (χ4v) is 1.32. The lowest BCUT2D eigenvalue weighted by Crippen LogP contribution is -1.93. The number of phenols is 1. The van der Waals surface area contributed by atoms with Crippen molar-refractivity contribution in [1.82, 2.24) is 9.97 Å². The van der Waals surface area contributed by atoms with Crippen LogP contribution in [0.5, 0.6) is 11.5 Å². The van der Waals surface area contributed by atoms with E-state index in [4.69, 9.17) is 4.74 Å². The molecule has 1 aromatic carbocycles. The van der Waals surface area contributed by atoms with E-state index in [1.165, 1.54) is 19.2 Å². The van der Waals surface area contributed by atoms with Gasteiger partial charge in [-0.15, -0.1) is 0 Å². The van der Waals surface area contributed by atoms with Gasteiger partial charge in [0, 0.05) is 0 Å². The number of hydrogen-bond donors (Lipinski definition) is 1. The van der Waals surface area contributed by atoms with E-state index in [-0.39, 0.29) is 5.75 Å². The van der Waals surface area contributed by atoms with Gasteiger partial charge in [0.2, 0.25) is 0 Å². The maximum Gasteiger partial charge on any atom is 0.163 e. The molecule has 16 heavy (non-hydrogen) atoms. The molecule has 82 valence electrons. The number of methoxy groups -OCH3 is 1. The summed E-state index contributed by atoms with van der Waals surface area (Å²) in [6, 6.07) is 4.55. The van der Waals surface area contributed by atoms with Crippen molar-refractivity contribution in [2.45, 2.75) is 0 Å². The van der Waals surface area contributed by atoms with Crippen LogP contribution in [-0.4, -0.2) is 22.2 Å². The largest absolute Gasteiger partial charge is 0.508 e. The third-order valence-electron chi connectivity index (χ3n) is 2.04. The van der Waals surface area contributed by atoms with E-state index < -0.39 is 5.82 Å². The van der Waals surface area contributed by atoms with Gasteiger partial charge in [-0.25, -0.2) is 14.4 Å². The van der Waals surface area contributed by atoms with E-state index in [2.05, 4.69) is 9.97 Å². The first kappa shape index (κ1) is 10.4. The average Bonchev–Trinajstić information content (AvgIpc) is 2.30. The molecule has 0 aliphatic carbocycles. The normalized spacial score (nSPS) is 10.1. The van der Waals surface area contributed by atoms with Crippen molar-refractivity contribution in [2.24, 2.45) is 0 Å². The first-order chi connectivity index (χ1) is 7.70. The first-order valence-electron chi connectivity index (χ1n) is 4.55. The first-order valence-corrected chi connectivity index (χ1v) is 4.55. The van der Waals surface area contributed by atoms with Gasteiger partial charge in [-0.2, -0.15) is 0 Å². The smallest absolute Gasteiger partial charge is 0.163 e. The molecule has 0 saturated heterocycles. The standard InChI is InChI=1S/C11H9FN2O2/c1-16-10-3-2-8(15)4-9(10)11-13-5-7(12)6-14-11/h2-6,15H,1H3. The molecular formula is C11H9FN2O2. The molecule has 1 N–H and O–H groups in total. The number of ether oxygens (including phenoxy) is 1. The predicted molar refractivity (Wildman–Crippen MR) is 55.6 cm³/mol. The minimum absolute atomic E-state index is 0.0729. The Balaban J connectivity index is 2.53. The van der Waals surface area contributed by atoms with Gasteiger partial charge in [-0.1, -0.05) is 0 Å². The highest BCUT2D eigenvalue weighted by Gasteiger charge is 2.09. The highest BCUT2D eigenvalue weighted by molar-refractivity contribution is 5.65. The van der Waals surface area contributed by atoms with Crippen LogP contribution in [0.25, 0.3) is 11.4 Å². The van der Waals surface area contributed by atoms with Crippen molar-refractivity contribution >= 4 is 0 Å². The fraction of sp³-hybridized carbons (Fsp3) is 0.0909. The Morgan fingerprint density at radius 3 is 2.56 bits per heavy atom. The van der Waals surface area contributed by atoms with Gasteiger partial charge in [-0.3, -0.25) is 0 Å². The third kappa shape index (κ3) is 1.93. The zero-order valence-corrected chi connectivity index (χ0v) is 8.51. The Kier molecular flexibility index (Phi) is 2.68. The van der Waals surface area contributed by atoms with E-state index in [1.807, 2.05) is 0 Å². The fourth-order valence-electron chi connectivity index (χ4n) is 1.32. The van der Waals surface area contributed by atoms with Gasteiger partial charge in [-0.05, 0) is 18.2 Å². The van der Waals surface area contributed by atoms with Gasteiger partial charge < -0.3 is 9.84 Å². The van der Waals surface area contributed by atoms with Crippen LogP contribution in [0, 0.1) is 5.82 Å². The summed E-state index contributed by atoms with van der Waals surface area (Å²) in [6.45, 7) is 0. The molecule has 0 amide bonds. The van der Waals surface area contributed by atoms with Gasteiger partial charge in [0.25, 0.3) is 0 Å². The minimum atomic E-state index is -0.511. The van der Waals surface area contributed by atoms with Crippen molar-refractivity contribution in [1.29, 1.82) is 0 Å². The molecule has 0 fully saturated rings. The van der Waals surface area contributed by atoms with E-state index in [0.29, 0.717) is 17.1 Å². The Labute approximate surface area is 91.4 Å². The maximum atomic E-state index is 12.7. The number of aromatic hydroxyl groups is 1. The van der Waals surface area contributed by atoms with Gasteiger partial charge in [0.15, 0.2) is 11.6 Å². The Morgan fingerprint density at radius 2 is 1.94 bits per heavy atom. The number of phenolic OH excluding ortho intramolecular Hbond substituents is 1. The lowest BCUT2D eigenvalue weighted by atomic mass is 10.1. The monoisotopic (exact) mass is 220 g/mol. The summed E-state index contributed by atoms with van der Waals surface area (Å²) in [5.41, 5.74) is 0.516. The van der Waals surface area contributed by atoms with Crippen LogP contribution in [0.3, 0.4) is 0 Å². The number of rotatable bonds is 2. The van der Waals surface area contributed by atoms with E-state index in [0.717, 1.165) is 12.4 Å². The summed E-state index contributed by atoms with van der Waals surface area (Å²) in [5.74, 6) is 0.380. The van der Waals surface area contributed by atoms with E-state index >= 15 is 0 Å². The zero-order valence-electron chi connectivity index (χ0n) is 8.51. The van der Waals surface area contributed by atoms with E-state index in [9.17, 15) is 9.50 Å². The maximum absolute atomic E-state index is 12.7. The predicted octanol–water partition coefficient (Wildman–Crippen LogP) is 2.00. The Morgan fingerprint density at radius 1 is 1.25 bits per heavy atom. The van der Waals surface area contributed by atoms with E-state index in [1.54, 1.807) is 6.07 Å². The lowest BCUT2D eigenvalue weighted by Gasteiger charge is -2.07. The molecular weight excluding hydrogens is 211 g/mol. The summed E-state index contributed by atoms with van der Waals surface area (Å²) in [6.07, 6.45) is 2.12. The lowest BCUT2D eigenvalue weighted by molar-refractivity contribution is 0.413. The number of hydrogen-bond acceptors (Lipinski definition) is 4. The number of benzene rings is 1. The van der Waals surface area contributed by atoms with Crippen molar-refractivity contribution in [3.63, 3.8) is 0 Å². The van der Waals surface area contributed by atoms with Crippen LogP contribution in [0.1, 0.15) is 0 Å². The van der Waals surface area contributed by atoms with Gasteiger partial charge in [0.1, 0.15) is 11.5 Å². The molecule has 0 atom stereocenters. The molecule has 0 saturated carbocycles. The van der Waals surface area contributed by atoms with Crippen LogP contribution in [-0.2, 0) is 0 Å². The van der Waals surface area contributed by atoms with Crippen LogP contribution in [0.15, 0.2) is 30.6 Å². The van der Waals surface area contributed by atoms with Crippen LogP contribution >= 0.6 is 0 Å². The highest BCUT2D eigenvalue weighted by atomic mass is 19.1. The summed E-state index contributed by atoms with van der Waals surface area (Å²) in [7, 11) is 1.50. The van der Waals surface area contributed by atoms with Gasteiger partial charge in [0.05, 0.1) is 25.1 Å². The molecule has 0 spiro atoms. The molecule has 0 radical (unpaired) electrons. The molecule has 5 heteroatoms. The van der Waals surface area contributed by atoms with Gasteiger partial charge >= 0.3 is 0 Å². The SMILES string of the molecule is COc1ccc(O)cc1-c1ncc(F)cn1. The topological polar surface area (TPSA) is 55.2 Å². The molecule has 2 rings (SSSR count). The van der Waals surface area contributed by atoms with Crippen molar-refractivity contribution in [3.05, 3.63) is 36.4 Å². The zero-order chi connectivity index (χ0) is 11.5. The molecule has 0 aliphatic heterocycles. The number of nitrogens with zero attached hydrogens (tertiary/aromatic N) is 2. The molecule has 2 aromatic rings. The second kappa shape index (κ2) is 4.14. The van der Waals surface area contributed by atoms with Crippen LogP contribution in [0.4, 0.5) is 4.39 Å². The molecule has 0 unspecified atom stereocenters. The molecule has 0 bridgehead atoms. The van der Waals surface area contributed by atoms with Crippen LogP contribution in [0.2, 0.25) is 0 Å². The van der Waals surface area contributed by atoms with Crippen molar-refractivity contribution < 1.29 is 14.2 Å². The van der Waals surface area contributed by atoms with Crippen molar-refractivity contribution in [2.75, 3.05) is 7.11 Å². The van der Waals surface area contributed by atoms with Crippen molar-refractivity contribution in [3.8, 4) is 22.9 Å². The molecule has 1 aromatic heterocycles. The highest BCUT2D eigenvalue weighted by Crippen LogP contribution is 2.30. The molecule has 1 heterocycles. The summed E-state index contributed by atoms with van der Waals surface area (Å²) < 4.78 is 17.8. The quantitative estimate of drug-likeness (QED) is 0.840. The van der Waals surface area contributed by atoms with Crippen LogP contribution < -0.4 is 4.74 Å². The second-order valence-electron chi connectivity index (χ2n) is 3.11. The summed E-state index contributed by atoms with van der Waals surface area (Å²) >= 11 is 0. The molecule has 4 nitrogen and oxygen atoms in total. The Hall–Kier alpha value is -2.17. The summed E-state index contributed by atoms with van der Waals surface area (Å²) in [4.78, 5) is 7.64. The second-order valence-corrected chi connectivity index (χ2v) is 3.11. The number of halogens is 1. The third-order valence-corrected chi connectivity index (χ3v) is 2.04. The number of aromatic nitrogens is 2. The average molecular weight is 220 g/mol. The minimum Gasteiger partial charge on any atom is -0.508 e. The molecule has 0 aliphatic rings. The summed E-state index contributed by atoms with van der Waals surface area (Å²) in [5, 5.41) is 9.36.